The van der Waals surface area contributed by atoms with E-state index in [-0.39, 0.29) is 129 Å². The van der Waals surface area contributed by atoms with Crippen LogP contribution in [0.5, 0.6) is 0 Å². The highest BCUT2D eigenvalue weighted by molar-refractivity contribution is 7.92. The zero-order valence-electron chi connectivity index (χ0n) is 82.3. The summed E-state index contributed by atoms with van der Waals surface area (Å²) in [6.07, 6.45) is -3.26. The molecule has 5 aromatic carbocycles. The van der Waals surface area contributed by atoms with E-state index in [2.05, 4.69) is 42.5 Å². The lowest BCUT2D eigenvalue weighted by atomic mass is 9.89. The molecule has 14 atom stereocenters. The molecule has 0 spiro atoms. The van der Waals surface area contributed by atoms with E-state index in [1.807, 2.05) is 19.9 Å². The highest BCUT2D eigenvalue weighted by atomic mass is 32.2. The van der Waals surface area contributed by atoms with E-state index in [4.69, 9.17) is 43.6 Å². The maximum atomic E-state index is 15.0. The summed E-state index contributed by atoms with van der Waals surface area (Å²) in [6, 6.07) is 22.9. The fourth-order valence-corrected chi connectivity index (χ4v) is 19.8. The van der Waals surface area contributed by atoms with Gasteiger partial charge in [-0.2, -0.15) is 0 Å². The maximum Gasteiger partial charge on any atom is 0.410 e. The minimum absolute atomic E-state index is 0.00171. The number of methoxy groups -OCH3 is 2. The second kappa shape index (κ2) is 56.4. The third kappa shape index (κ3) is 35.2. The van der Waals surface area contributed by atoms with Gasteiger partial charge in [-0.3, -0.25) is 52.8 Å². The molecule has 138 heavy (non-hydrogen) atoms. The fraction of sp³-hybridized carbons (Fsp3) is 0.576. The molecule has 5 aromatic rings. The molecule has 2 heterocycles. The van der Waals surface area contributed by atoms with E-state index < -0.39 is 199 Å². The number of nitrogens with one attached hydrogen (secondary N) is 8. The van der Waals surface area contributed by atoms with Crippen LogP contribution in [0.1, 0.15) is 170 Å². The molecule has 11 N–H and O–H groups in total. The number of primary amides is 1. The Hall–Kier alpha value is -10.9. The van der Waals surface area contributed by atoms with Crippen LogP contribution in [0.3, 0.4) is 0 Å². The second-order valence-electron chi connectivity index (χ2n) is 36.3. The Morgan fingerprint density at radius 2 is 1.14 bits per heavy atom. The molecule has 0 aliphatic carbocycles. The highest BCUT2D eigenvalue weighted by Crippen LogP contribution is 2.32. The van der Waals surface area contributed by atoms with Crippen molar-refractivity contribution in [2.24, 2.45) is 41.2 Å². The Morgan fingerprint density at radius 1 is 0.580 bits per heavy atom. The predicted molar refractivity (Wildman–Crippen MR) is 516 cm³/mol. The molecular weight excluding hydrogens is 1820 g/mol. The largest absolute Gasteiger partial charge is 0.445 e. The quantitative estimate of drug-likeness (QED) is 0.0137. The lowest BCUT2D eigenvalue weighted by Crippen LogP contribution is -2.60. The van der Waals surface area contributed by atoms with Crippen LogP contribution in [0.25, 0.3) is 0 Å². The third-order valence-electron chi connectivity index (χ3n) is 24.7. The number of hydrogen-bond acceptors (Lipinski definition) is 25. The van der Waals surface area contributed by atoms with Crippen molar-refractivity contribution in [2.45, 2.75) is 224 Å². The number of rotatable bonds is 48. The molecule has 39 heteroatoms. The van der Waals surface area contributed by atoms with Crippen LogP contribution in [0.15, 0.2) is 137 Å². The summed E-state index contributed by atoms with van der Waals surface area (Å²) in [7, 11) is -2.53. The van der Waals surface area contributed by atoms with Crippen molar-refractivity contribution in [3.8, 4) is 0 Å². The summed E-state index contributed by atoms with van der Waals surface area (Å²) >= 11 is 0. The summed E-state index contributed by atoms with van der Waals surface area (Å²) in [5.74, 6) is -12.4. The average molecular weight is 1970 g/mol. The first kappa shape index (κ1) is 114. The zero-order valence-corrected chi connectivity index (χ0v) is 83.9. The number of aryl methyl sites for hydroxylation is 2. The molecule has 2 saturated heterocycles. The molecule has 0 bridgehead atoms. The van der Waals surface area contributed by atoms with Gasteiger partial charge in [0.25, 0.3) is 5.91 Å². The van der Waals surface area contributed by atoms with Crippen LogP contribution in [0.4, 0.5) is 15.3 Å². The first-order valence-electron chi connectivity index (χ1n) is 47.1. The number of amides is 12. The molecule has 2 aliphatic rings. The molecule has 762 valence electrons. The summed E-state index contributed by atoms with van der Waals surface area (Å²) in [5.41, 5.74) is 8.00. The monoisotopic (exact) mass is 1960 g/mol. The lowest BCUT2D eigenvalue weighted by molar-refractivity contribution is -0.148. The minimum Gasteiger partial charge on any atom is -0.445 e. The smallest absolute Gasteiger partial charge is 0.410 e. The Bertz CT molecular complexity index is 4930. The summed E-state index contributed by atoms with van der Waals surface area (Å²) < 4.78 is 102. The first-order chi connectivity index (χ1) is 65.5. The van der Waals surface area contributed by atoms with Crippen molar-refractivity contribution < 1.29 is 117 Å². The van der Waals surface area contributed by atoms with Gasteiger partial charge in [-0.1, -0.05) is 159 Å². The number of sulfone groups is 2. The number of urea groups is 1. The van der Waals surface area contributed by atoms with Gasteiger partial charge in [-0.15, -0.1) is 0 Å². The number of anilines is 1. The topological polar surface area (TPSA) is 499 Å². The van der Waals surface area contributed by atoms with Crippen molar-refractivity contribution in [2.75, 3.05) is 124 Å². The number of ether oxygens (including phenoxy) is 8. The van der Waals surface area contributed by atoms with E-state index in [0.717, 1.165) is 16.0 Å². The number of Topliss-reactive ketones (excluding diaryl/α,β-unsaturated/α-hetero) is 1. The number of likely N-dealkylation sites (tertiary alicyclic amines) is 1. The van der Waals surface area contributed by atoms with Gasteiger partial charge in [0.05, 0.1) is 142 Å². The number of carbonyl (C=O) groups excluding carboxylic acids is 12. The van der Waals surface area contributed by atoms with Crippen LogP contribution in [-0.4, -0.2) is 293 Å². The maximum absolute atomic E-state index is 15.0. The number of ketones is 1. The number of nitrogens with zero attached hydrogens (tertiary/aromatic N) is 3. The van der Waals surface area contributed by atoms with Crippen molar-refractivity contribution >= 4 is 96.4 Å². The van der Waals surface area contributed by atoms with Crippen molar-refractivity contribution in [1.29, 1.82) is 0 Å². The molecule has 12 amide bonds. The molecular formula is C99H144N12O25S2. The molecule has 7 rings (SSSR count). The van der Waals surface area contributed by atoms with Crippen molar-refractivity contribution in [3.63, 3.8) is 0 Å². The summed E-state index contributed by atoms with van der Waals surface area (Å²) in [4.78, 5) is 174. The Morgan fingerprint density at radius 3 is 1.68 bits per heavy atom. The fourth-order valence-electron chi connectivity index (χ4n) is 16.6. The highest BCUT2D eigenvalue weighted by Gasteiger charge is 2.45. The number of nitrogens with two attached hydrogens (primary N) is 1. The van der Waals surface area contributed by atoms with Crippen molar-refractivity contribution in [1.82, 2.24) is 51.9 Å². The molecule has 0 radical (unpaired) electrons. The predicted octanol–water partition coefficient (Wildman–Crippen LogP) is 7.12. The van der Waals surface area contributed by atoms with Gasteiger partial charge in [0, 0.05) is 71.2 Å². The third-order valence-corrected chi connectivity index (χ3v) is 28.4. The number of hydrogen-bond donors (Lipinski definition) is 10. The Labute approximate surface area is 811 Å². The van der Waals surface area contributed by atoms with Crippen LogP contribution in [0.2, 0.25) is 0 Å². The molecule has 2 aliphatic heterocycles. The van der Waals surface area contributed by atoms with Crippen LogP contribution in [-0.2, 0) is 103 Å². The number of aliphatic hydroxyl groups excluding tert-OH is 1. The van der Waals surface area contributed by atoms with Gasteiger partial charge < -0.3 is 101 Å². The molecule has 2 fully saturated rings. The Kier molecular flexibility index (Phi) is 46.6. The van der Waals surface area contributed by atoms with Gasteiger partial charge >= 0.3 is 12.1 Å². The van der Waals surface area contributed by atoms with Gasteiger partial charge in [0.2, 0.25) is 47.3 Å². The average Bonchev–Trinajstić information content (AvgIpc) is 1.78. The van der Waals surface area contributed by atoms with Crippen LogP contribution >= 0.6 is 0 Å². The second-order valence-corrected chi connectivity index (χ2v) is 40.4. The van der Waals surface area contributed by atoms with Crippen LogP contribution < -0.4 is 48.3 Å². The van der Waals surface area contributed by atoms with E-state index in [0.29, 0.717) is 56.8 Å². The number of benzene rings is 5. The molecule has 0 aromatic heterocycles. The summed E-state index contributed by atoms with van der Waals surface area (Å²) in [5, 5.41) is 33.0. The number of likely N-dealkylation sites (N-methyl/N-ethyl adjacent to an activating group) is 2. The molecule has 1 unspecified atom stereocenters. The molecule has 0 saturated carbocycles. The van der Waals surface area contributed by atoms with Gasteiger partial charge in [0.15, 0.2) is 25.5 Å². The SMILES string of the molecule is CC[C@H](C)[C@@H]([C@@H](CC(=O)N1CCC[C@H]1[C@H](OC)[C@@H](C)C(=O)N[C@H](C)[C@@H](O)c1ccccc1)OC)N(C)C(=O)[C@@H](NC(=O)[C@H](C(C)C)N(C)C(=O)OCc1ccc(NC(=O)[C@H](CCCNC(N)=O)NC(=O)[C@@H](NC(=O)CC[C@H](NC(=O)c2ccc(C(=O)C(CS(=O)(=O)c3ccc(C)cc3)CS(=O)(=O)c3ccc(C)cc3)cc2)C(=O)NCC2COCCOCCOCCOCCO2)C(C)C)cc1)C(C)C. The van der Waals surface area contributed by atoms with Gasteiger partial charge in [-0.25, -0.2) is 26.4 Å². The standard InChI is InChI=1S/C99H144N12O25S2/c1-17-66(10)87(81(129-15)55-83(113)111-46-22-26-80(111)90(130-16)67(11)91(116)103-68(12)88(114)70-23-19-18-20-24-70)109(13)97(122)85(62(4)5)108-96(121)86(63(6)7)110(14)99(124)136-57-69-31-37-74(38-32-69)104-94(119)78(25-21-45-101-98(100)123)106-95(120)84(61(2)3)107-82(112)44-43-79(93(118)102-56-75-58-134-52-51-132-48-47-131-49-50-133-53-54-135-75)105-92(117)72-35-33-71(34-36-72)89(115)73(59-137(125,126)76-39-27-64(8)28-40-76)60-138(127,128)77-41-29-65(9)30-42-77/h18-20,23-24,27-42,61-63,66-68,73,75,78-81,84-88,90,114H,17,21-22,25-26,43-60H2,1-16H3,(H,102,118)(H,103,116)(H,104,119)(H,105,117)(H,106,120)(H,107,112)(H,108,121)(H3,100,101,123)/t66-,67+,68+,75?,78-,79-,80-,81+,84-,85-,86-,87-,88+,90+/m0/s1. The van der Waals surface area contributed by atoms with E-state index in [1.165, 1.54) is 86.8 Å². The van der Waals surface area contributed by atoms with Gasteiger partial charge in [0.1, 0.15) is 36.8 Å². The summed E-state index contributed by atoms with van der Waals surface area (Å²) in [6.45, 7) is 23.1. The Balaban J connectivity index is 0.996. The van der Waals surface area contributed by atoms with Gasteiger partial charge in [-0.05, 0) is 136 Å². The number of carbonyl (C=O) groups is 12. The van der Waals surface area contributed by atoms with Crippen LogP contribution in [0, 0.1) is 49.4 Å². The number of aliphatic hydroxyl groups is 1. The molecule has 37 nitrogen and oxygen atoms in total. The van der Waals surface area contributed by atoms with E-state index in [9.17, 15) is 79.5 Å². The lowest BCUT2D eigenvalue weighted by Gasteiger charge is -2.41. The minimum atomic E-state index is -4.26. The van der Waals surface area contributed by atoms with E-state index in [1.54, 1.807) is 142 Å². The first-order valence-corrected chi connectivity index (χ1v) is 50.4. The zero-order chi connectivity index (χ0) is 102. The normalized spacial score (nSPS) is 17.4. The van der Waals surface area contributed by atoms with Crippen molar-refractivity contribution in [3.05, 3.63) is 161 Å². The van der Waals surface area contributed by atoms with E-state index >= 15 is 0 Å².